The predicted octanol–water partition coefficient (Wildman–Crippen LogP) is 1.86. The topological polar surface area (TPSA) is 81.9 Å². The third-order valence-corrected chi connectivity index (χ3v) is 1.86. The molecule has 0 radical (unpaired) electrons. The van der Waals surface area contributed by atoms with Crippen molar-refractivity contribution in [1.29, 1.82) is 0 Å². The Morgan fingerprint density at radius 1 is 1.29 bits per heavy atom. The van der Waals surface area contributed by atoms with Crippen LogP contribution in [0.25, 0.3) is 0 Å². The van der Waals surface area contributed by atoms with Crippen LogP contribution in [-0.4, -0.2) is 22.3 Å². The Kier molecular flexibility index (Phi) is 3.73. The molecular formula is C12H16N2O3. The highest BCUT2D eigenvalue weighted by Crippen LogP contribution is 2.24. The number of hydrazone groups is 1. The van der Waals surface area contributed by atoms with Crippen molar-refractivity contribution >= 4 is 12.1 Å². The number of phenolic OH excluding ortho intramolecular Hbond substituents is 2. The van der Waals surface area contributed by atoms with E-state index in [1.807, 2.05) is 20.8 Å². The van der Waals surface area contributed by atoms with Gasteiger partial charge >= 0.3 is 0 Å². The van der Waals surface area contributed by atoms with Gasteiger partial charge in [-0.2, -0.15) is 5.10 Å². The first-order valence-electron chi connectivity index (χ1n) is 5.16. The first-order chi connectivity index (χ1) is 7.79. The summed E-state index contributed by atoms with van der Waals surface area (Å²) in [7, 11) is 0. The van der Waals surface area contributed by atoms with Gasteiger partial charge in [-0.05, 0) is 23.6 Å². The number of amides is 1. The number of phenols is 2. The molecule has 0 aliphatic heterocycles. The van der Waals surface area contributed by atoms with Crippen LogP contribution in [0.15, 0.2) is 23.3 Å². The third kappa shape index (κ3) is 4.14. The van der Waals surface area contributed by atoms with Crippen molar-refractivity contribution in [2.75, 3.05) is 0 Å². The second-order valence-corrected chi connectivity index (χ2v) is 4.77. The summed E-state index contributed by atoms with van der Waals surface area (Å²) >= 11 is 0. The molecule has 1 aromatic rings. The lowest BCUT2D eigenvalue weighted by atomic mass is 9.99. The molecule has 3 N–H and O–H groups in total. The second kappa shape index (κ2) is 4.86. The zero-order valence-electron chi connectivity index (χ0n) is 10.1. The fourth-order valence-electron chi connectivity index (χ4n) is 1.01. The number of aromatic hydroxyl groups is 2. The van der Waals surface area contributed by atoms with E-state index in [-0.39, 0.29) is 22.5 Å². The zero-order valence-corrected chi connectivity index (χ0v) is 10.1. The van der Waals surface area contributed by atoms with E-state index in [2.05, 4.69) is 10.5 Å². The van der Waals surface area contributed by atoms with Crippen LogP contribution in [0.5, 0.6) is 11.5 Å². The van der Waals surface area contributed by atoms with Crippen molar-refractivity contribution < 1.29 is 15.0 Å². The van der Waals surface area contributed by atoms with Crippen molar-refractivity contribution in [3.05, 3.63) is 23.8 Å². The maximum absolute atomic E-state index is 11.6. The smallest absolute Gasteiger partial charge is 0.271 e. The summed E-state index contributed by atoms with van der Waals surface area (Å²) in [6.45, 7) is 5.86. The summed E-state index contributed by atoms with van der Waals surface area (Å²) in [6.07, 6.45) is 1.62. The van der Waals surface area contributed by atoms with E-state index >= 15 is 0 Å². The van der Waals surface area contributed by atoms with Gasteiger partial charge in [-0.15, -0.1) is 0 Å². The molecule has 0 bridgehead atoms. The summed E-state index contributed by atoms with van der Waals surface area (Å²) in [5.41, 5.74) is 2.45. The highest BCUT2D eigenvalue weighted by atomic mass is 16.3. The number of nitrogens with one attached hydrogen (secondary N) is 1. The van der Waals surface area contributed by atoms with E-state index in [1.165, 1.54) is 18.2 Å². The van der Waals surface area contributed by atoms with E-state index < -0.39 is 5.91 Å². The molecule has 0 heterocycles. The maximum atomic E-state index is 11.6. The average Bonchev–Trinajstić information content (AvgIpc) is 2.20. The molecule has 0 aromatic heterocycles. The number of rotatable bonds is 2. The molecule has 5 nitrogen and oxygen atoms in total. The van der Waals surface area contributed by atoms with E-state index in [0.29, 0.717) is 0 Å². The van der Waals surface area contributed by atoms with Crippen molar-refractivity contribution in [2.45, 2.75) is 20.8 Å². The summed E-state index contributed by atoms with van der Waals surface area (Å²) in [6, 6.07) is 3.83. The lowest BCUT2D eigenvalue weighted by Gasteiger charge is -2.09. The van der Waals surface area contributed by atoms with Crippen LogP contribution >= 0.6 is 0 Å². The Morgan fingerprint density at radius 3 is 2.47 bits per heavy atom. The Hall–Kier alpha value is -2.04. The van der Waals surface area contributed by atoms with Gasteiger partial charge in [-0.3, -0.25) is 4.79 Å². The lowest BCUT2D eigenvalue weighted by Crippen LogP contribution is -2.19. The quantitative estimate of drug-likeness (QED) is 0.416. The molecule has 0 unspecified atom stereocenters. The van der Waals surface area contributed by atoms with Gasteiger partial charge in [0, 0.05) is 11.8 Å². The molecule has 1 aromatic carbocycles. The molecule has 17 heavy (non-hydrogen) atoms. The molecule has 1 rings (SSSR count). The predicted molar refractivity (Wildman–Crippen MR) is 65.2 cm³/mol. The minimum Gasteiger partial charge on any atom is -0.504 e. The number of carbonyl (C=O) groups excluding carboxylic acids is 1. The van der Waals surface area contributed by atoms with Gasteiger partial charge in [0.1, 0.15) is 0 Å². The Bertz CT molecular complexity index is 448. The van der Waals surface area contributed by atoms with Crippen LogP contribution in [0.3, 0.4) is 0 Å². The first-order valence-corrected chi connectivity index (χ1v) is 5.16. The number of nitrogens with zero attached hydrogens (tertiary/aromatic N) is 1. The number of hydrogen-bond acceptors (Lipinski definition) is 4. The SMILES string of the molecule is CC(C)(C)/C=N/NC(=O)c1ccc(O)c(O)c1. The third-order valence-electron chi connectivity index (χ3n) is 1.86. The monoisotopic (exact) mass is 236 g/mol. The molecule has 0 fully saturated rings. The van der Waals surface area contributed by atoms with E-state index in [1.54, 1.807) is 6.21 Å². The zero-order chi connectivity index (χ0) is 13.1. The fourth-order valence-corrected chi connectivity index (χ4v) is 1.01. The van der Waals surface area contributed by atoms with Crippen molar-refractivity contribution in [3.63, 3.8) is 0 Å². The summed E-state index contributed by atoms with van der Waals surface area (Å²) in [5.74, 6) is -1.04. The van der Waals surface area contributed by atoms with E-state index in [4.69, 9.17) is 5.11 Å². The number of benzene rings is 1. The summed E-state index contributed by atoms with van der Waals surface area (Å²) in [5, 5.41) is 22.1. The van der Waals surface area contributed by atoms with Crippen LogP contribution in [-0.2, 0) is 0 Å². The normalized spacial score (nSPS) is 11.7. The largest absolute Gasteiger partial charge is 0.504 e. The van der Waals surface area contributed by atoms with Crippen molar-refractivity contribution in [1.82, 2.24) is 5.43 Å². The van der Waals surface area contributed by atoms with Crippen molar-refractivity contribution in [2.24, 2.45) is 10.5 Å². The van der Waals surface area contributed by atoms with Crippen LogP contribution in [0.2, 0.25) is 0 Å². The molecule has 0 saturated heterocycles. The molecule has 0 aliphatic rings. The van der Waals surface area contributed by atoms with Crippen molar-refractivity contribution in [3.8, 4) is 11.5 Å². The van der Waals surface area contributed by atoms with Gasteiger partial charge in [0.25, 0.3) is 5.91 Å². The molecule has 0 saturated carbocycles. The van der Waals surface area contributed by atoms with Gasteiger partial charge in [0.15, 0.2) is 11.5 Å². The molecule has 1 amide bonds. The Morgan fingerprint density at radius 2 is 1.94 bits per heavy atom. The van der Waals surface area contributed by atoms with Crippen LogP contribution in [0.4, 0.5) is 0 Å². The van der Waals surface area contributed by atoms with Gasteiger partial charge in [0.2, 0.25) is 0 Å². The maximum Gasteiger partial charge on any atom is 0.271 e. The van der Waals surface area contributed by atoms with Crippen LogP contribution < -0.4 is 5.43 Å². The first kappa shape index (κ1) is 13.0. The lowest BCUT2D eigenvalue weighted by molar-refractivity contribution is 0.0954. The minimum absolute atomic E-state index is 0.121. The molecule has 0 atom stereocenters. The number of hydrogen-bond donors (Lipinski definition) is 3. The van der Waals surface area contributed by atoms with Gasteiger partial charge in [-0.1, -0.05) is 20.8 Å². The van der Waals surface area contributed by atoms with Gasteiger partial charge in [-0.25, -0.2) is 5.43 Å². The van der Waals surface area contributed by atoms with E-state index in [0.717, 1.165) is 0 Å². The molecule has 0 aliphatic carbocycles. The highest BCUT2D eigenvalue weighted by molar-refractivity contribution is 5.95. The fraction of sp³-hybridized carbons (Fsp3) is 0.333. The Balaban J connectivity index is 2.71. The van der Waals surface area contributed by atoms with Gasteiger partial charge < -0.3 is 10.2 Å². The summed E-state index contributed by atoms with van der Waals surface area (Å²) in [4.78, 5) is 11.6. The number of carbonyl (C=O) groups is 1. The minimum atomic E-state index is -0.444. The molecule has 0 spiro atoms. The summed E-state index contributed by atoms with van der Waals surface area (Å²) < 4.78 is 0. The highest BCUT2D eigenvalue weighted by Gasteiger charge is 2.09. The Labute approximate surface area is 99.8 Å². The average molecular weight is 236 g/mol. The second-order valence-electron chi connectivity index (χ2n) is 4.77. The molecule has 5 heteroatoms. The van der Waals surface area contributed by atoms with Crippen LogP contribution in [0.1, 0.15) is 31.1 Å². The van der Waals surface area contributed by atoms with Crippen LogP contribution in [0, 0.1) is 5.41 Å². The standard InChI is InChI=1S/C12H16N2O3/c1-12(2,3)7-13-14-11(17)8-4-5-9(15)10(16)6-8/h4-7,15-16H,1-3H3,(H,14,17)/b13-7+. The molecular weight excluding hydrogens is 220 g/mol. The van der Waals surface area contributed by atoms with E-state index in [9.17, 15) is 9.90 Å². The molecule has 92 valence electrons. The van der Waals surface area contributed by atoms with Gasteiger partial charge in [0.05, 0.1) is 0 Å².